The molecule has 1 aliphatic rings. The number of thiocarbonyl (C=S) groups is 1. The van der Waals surface area contributed by atoms with Crippen LogP contribution < -0.4 is 5.32 Å². The van der Waals surface area contributed by atoms with Gasteiger partial charge in [0.15, 0.2) is 0 Å². The number of aryl methyl sites for hydroxylation is 1. The summed E-state index contributed by atoms with van der Waals surface area (Å²) in [6.07, 6.45) is 2.28. The molecule has 1 aromatic rings. The van der Waals surface area contributed by atoms with Crippen molar-refractivity contribution < 1.29 is 0 Å². The molecule has 1 heterocycles. The molecule has 0 spiro atoms. The first-order chi connectivity index (χ1) is 6.27. The highest BCUT2D eigenvalue weighted by Gasteiger charge is 2.11. The van der Waals surface area contributed by atoms with Crippen molar-refractivity contribution in [1.29, 1.82) is 0 Å². The van der Waals surface area contributed by atoms with E-state index in [1.54, 1.807) is 0 Å². The smallest absolute Gasteiger partial charge is 0.106 e. The first kappa shape index (κ1) is 9.16. The van der Waals surface area contributed by atoms with Crippen molar-refractivity contribution in [2.45, 2.75) is 12.8 Å². The normalized spacial score (nSPS) is 15.9. The number of nitrogens with one attached hydrogen (secondary N) is 1. The number of hydrogen-bond acceptors (Lipinski definition) is 1. The van der Waals surface area contributed by atoms with Crippen molar-refractivity contribution in [3.63, 3.8) is 0 Å². The Bertz CT molecular complexity index is 349. The van der Waals surface area contributed by atoms with Gasteiger partial charge in [-0.15, -0.1) is 0 Å². The van der Waals surface area contributed by atoms with Crippen LogP contribution in [0, 0.1) is 0 Å². The Kier molecular flexibility index (Phi) is 2.65. The van der Waals surface area contributed by atoms with Gasteiger partial charge >= 0.3 is 0 Å². The van der Waals surface area contributed by atoms with E-state index in [1.807, 2.05) is 0 Å². The van der Waals surface area contributed by atoms with Gasteiger partial charge in [-0.25, -0.2) is 0 Å². The summed E-state index contributed by atoms with van der Waals surface area (Å²) in [5, 5.41) is 3.24. The summed E-state index contributed by atoms with van der Waals surface area (Å²) in [4.78, 5) is 0.883. The van der Waals surface area contributed by atoms with Crippen molar-refractivity contribution in [2.24, 2.45) is 0 Å². The molecule has 0 saturated carbocycles. The first-order valence-corrected chi connectivity index (χ1v) is 5.54. The third kappa shape index (κ3) is 1.92. The van der Waals surface area contributed by atoms with Crippen molar-refractivity contribution in [1.82, 2.24) is 5.32 Å². The van der Waals surface area contributed by atoms with E-state index in [0.717, 1.165) is 28.8 Å². The van der Waals surface area contributed by atoms with Crippen LogP contribution in [0.1, 0.15) is 17.5 Å². The van der Waals surface area contributed by atoms with E-state index in [4.69, 9.17) is 12.2 Å². The van der Waals surface area contributed by atoms with Crippen LogP contribution in [0.3, 0.4) is 0 Å². The molecule has 3 heteroatoms. The minimum atomic E-state index is 0.883. The maximum absolute atomic E-state index is 5.27. The number of rotatable bonds is 0. The van der Waals surface area contributed by atoms with E-state index < -0.39 is 0 Å². The molecule has 0 fully saturated rings. The molecule has 0 saturated heterocycles. The van der Waals surface area contributed by atoms with Gasteiger partial charge in [-0.2, -0.15) is 0 Å². The van der Waals surface area contributed by atoms with Gasteiger partial charge in [0.2, 0.25) is 0 Å². The fourth-order valence-electron chi connectivity index (χ4n) is 1.55. The summed E-state index contributed by atoms with van der Waals surface area (Å²) in [6, 6.07) is 6.32. The molecule has 1 aromatic carbocycles. The lowest BCUT2D eigenvalue weighted by molar-refractivity contribution is 0.795. The fraction of sp³-hybridized carbons (Fsp3) is 0.300. The van der Waals surface area contributed by atoms with Gasteiger partial charge in [0.25, 0.3) is 0 Å². The van der Waals surface area contributed by atoms with Gasteiger partial charge in [0.1, 0.15) is 4.99 Å². The van der Waals surface area contributed by atoms with Gasteiger partial charge in [-0.1, -0.05) is 34.2 Å². The van der Waals surface area contributed by atoms with Gasteiger partial charge in [0, 0.05) is 16.6 Å². The van der Waals surface area contributed by atoms with E-state index in [2.05, 4.69) is 39.4 Å². The maximum Gasteiger partial charge on any atom is 0.106 e. The van der Waals surface area contributed by atoms with Crippen LogP contribution >= 0.6 is 28.1 Å². The van der Waals surface area contributed by atoms with Crippen molar-refractivity contribution in [3.05, 3.63) is 33.8 Å². The van der Waals surface area contributed by atoms with E-state index in [-0.39, 0.29) is 0 Å². The van der Waals surface area contributed by atoms with Crippen LogP contribution in [0.4, 0.5) is 0 Å². The summed E-state index contributed by atoms with van der Waals surface area (Å²) >= 11 is 8.73. The average Bonchev–Trinajstić information content (AvgIpc) is 2.29. The summed E-state index contributed by atoms with van der Waals surface area (Å²) in [5.74, 6) is 0. The van der Waals surface area contributed by atoms with E-state index in [9.17, 15) is 0 Å². The summed E-state index contributed by atoms with van der Waals surface area (Å²) in [7, 11) is 0. The van der Waals surface area contributed by atoms with Gasteiger partial charge in [0.05, 0.1) is 0 Å². The molecule has 13 heavy (non-hydrogen) atoms. The molecule has 68 valence electrons. The van der Waals surface area contributed by atoms with Crippen LogP contribution in [-0.4, -0.2) is 11.5 Å². The quantitative estimate of drug-likeness (QED) is 0.716. The number of hydrogen-bond donors (Lipinski definition) is 1. The lowest BCUT2D eigenvalue weighted by Gasteiger charge is -2.06. The van der Waals surface area contributed by atoms with E-state index in [1.165, 1.54) is 11.1 Å². The summed E-state index contributed by atoms with van der Waals surface area (Å²) in [6.45, 7) is 0.991. The lowest BCUT2D eigenvalue weighted by Crippen LogP contribution is -2.21. The third-order valence-electron chi connectivity index (χ3n) is 2.22. The van der Waals surface area contributed by atoms with Crippen LogP contribution in [-0.2, 0) is 6.42 Å². The minimum absolute atomic E-state index is 0.883. The highest BCUT2D eigenvalue weighted by molar-refractivity contribution is 9.10. The van der Waals surface area contributed by atoms with Gasteiger partial charge < -0.3 is 5.32 Å². The van der Waals surface area contributed by atoms with E-state index >= 15 is 0 Å². The molecular formula is C10H10BrNS. The zero-order chi connectivity index (χ0) is 9.26. The maximum atomic E-state index is 5.27. The van der Waals surface area contributed by atoms with Gasteiger partial charge in [-0.05, 0) is 30.5 Å². The first-order valence-electron chi connectivity index (χ1n) is 4.34. The Morgan fingerprint density at radius 1 is 1.38 bits per heavy atom. The van der Waals surface area contributed by atoms with Crippen LogP contribution in [0.5, 0.6) is 0 Å². The second-order valence-corrected chi connectivity index (χ2v) is 4.48. The molecule has 0 atom stereocenters. The Balaban J connectivity index is 2.49. The average molecular weight is 256 g/mol. The zero-order valence-corrected chi connectivity index (χ0v) is 9.54. The second kappa shape index (κ2) is 3.76. The monoisotopic (exact) mass is 255 g/mol. The molecule has 0 radical (unpaired) electrons. The Hall–Kier alpha value is -0.410. The highest BCUT2D eigenvalue weighted by atomic mass is 79.9. The molecule has 2 rings (SSSR count). The Morgan fingerprint density at radius 2 is 2.23 bits per heavy atom. The van der Waals surface area contributed by atoms with Crippen LogP contribution in [0.2, 0.25) is 0 Å². The molecule has 1 aliphatic heterocycles. The standard InChI is InChI=1S/C10H10BrNS/c11-8-4-3-7-2-1-5-12-10(13)9(7)6-8/h3-4,6H,1-2,5H2,(H,12,13). The van der Waals surface area contributed by atoms with Crippen molar-refractivity contribution in [2.75, 3.05) is 6.54 Å². The highest BCUT2D eigenvalue weighted by Crippen LogP contribution is 2.20. The SMILES string of the molecule is S=C1NCCCc2ccc(Br)cc21. The van der Waals surface area contributed by atoms with Crippen molar-refractivity contribution >= 4 is 33.1 Å². The second-order valence-electron chi connectivity index (χ2n) is 3.16. The third-order valence-corrected chi connectivity index (χ3v) is 3.08. The molecule has 1 nitrogen and oxygen atoms in total. The molecule has 0 bridgehead atoms. The molecular weight excluding hydrogens is 246 g/mol. The Morgan fingerprint density at radius 3 is 3.08 bits per heavy atom. The molecule has 0 amide bonds. The summed E-state index contributed by atoms with van der Waals surface area (Å²) in [5.41, 5.74) is 2.54. The number of benzene rings is 1. The summed E-state index contributed by atoms with van der Waals surface area (Å²) < 4.78 is 1.09. The molecule has 0 unspecified atom stereocenters. The predicted molar refractivity (Wildman–Crippen MR) is 62.2 cm³/mol. The lowest BCUT2D eigenvalue weighted by atomic mass is 10.0. The molecule has 0 aliphatic carbocycles. The number of halogens is 1. The molecule has 1 N–H and O–H groups in total. The van der Waals surface area contributed by atoms with E-state index in [0.29, 0.717) is 0 Å². The van der Waals surface area contributed by atoms with Crippen LogP contribution in [0.15, 0.2) is 22.7 Å². The Labute approximate surface area is 91.7 Å². The largest absolute Gasteiger partial charge is 0.376 e. The molecule has 0 aromatic heterocycles. The topological polar surface area (TPSA) is 12.0 Å². The number of fused-ring (bicyclic) bond motifs is 1. The minimum Gasteiger partial charge on any atom is -0.376 e. The fourth-order valence-corrected chi connectivity index (χ4v) is 2.21. The predicted octanol–water partition coefficient (Wildman–Crippen LogP) is 2.66. The van der Waals surface area contributed by atoms with Gasteiger partial charge in [-0.3, -0.25) is 0 Å². The van der Waals surface area contributed by atoms with Crippen LogP contribution in [0.25, 0.3) is 0 Å². The zero-order valence-electron chi connectivity index (χ0n) is 7.14. The van der Waals surface area contributed by atoms with Crippen molar-refractivity contribution in [3.8, 4) is 0 Å².